The van der Waals surface area contributed by atoms with Crippen LogP contribution in [0.1, 0.15) is 47.1 Å². The second kappa shape index (κ2) is 12.9. The lowest BCUT2D eigenvalue weighted by Gasteiger charge is -2.29. The molecular weight excluding hydrogens is 424 g/mol. The van der Waals surface area contributed by atoms with Gasteiger partial charge in [0.25, 0.3) is 0 Å². The summed E-state index contributed by atoms with van der Waals surface area (Å²) in [4.78, 5) is 50.0. The molecule has 0 saturated carbocycles. The van der Waals surface area contributed by atoms with Crippen LogP contribution in [0.3, 0.4) is 0 Å². The third kappa shape index (κ3) is 8.84. The van der Waals surface area contributed by atoms with Gasteiger partial charge in [-0.1, -0.05) is 71.9 Å². The van der Waals surface area contributed by atoms with E-state index in [0.29, 0.717) is 0 Å². The van der Waals surface area contributed by atoms with Crippen LogP contribution in [0.2, 0.25) is 0 Å². The molecule has 0 bridgehead atoms. The summed E-state index contributed by atoms with van der Waals surface area (Å²) < 4.78 is 0. The molecule has 0 aliphatic heterocycles. The molecule has 0 spiro atoms. The Morgan fingerprint density at radius 1 is 0.758 bits per heavy atom. The summed E-state index contributed by atoms with van der Waals surface area (Å²) in [6.45, 7) is 10.7. The highest BCUT2D eigenvalue weighted by atomic mass is 16.4. The number of hydrogen-bond acceptors (Lipinski definition) is 5. The number of carbonyl (C=O) groups is 4. The van der Waals surface area contributed by atoms with Crippen molar-refractivity contribution in [3.8, 4) is 0 Å². The Morgan fingerprint density at radius 2 is 1.21 bits per heavy atom. The predicted molar refractivity (Wildman–Crippen MR) is 126 cm³/mol. The molecule has 3 amide bonds. The number of aliphatic carboxylic acids is 1. The maximum atomic E-state index is 13.0. The molecule has 6 N–H and O–H groups in total. The number of carboxylic acid groups (broad SMARTS) is 1. The molecule has 1 aromatic rings. The van der Waals surface area contributed by atoms with Crippen LogP contribution < -0.4 is 21.7 Å². The molecule has 9 heteroatoms. The third-order valence-corrected chi connectivity index (χ3v) is 5.41. The van der Waals surface area contributed by atoms with E-state index in [9.17, 15) is 24.3 Å². The fourth-order valence-electron chi connectivity index (χ4n) is 3.18. The minimum absolute atomic E-state index is 0.104. The number of carbonyl (C=O) groups excluding carboxylic acids is 3. The van der Waals surface area contributed by atoms with Crippen LogP contribution in [-0.4, -0.2) is 53.0 Å². The number of benzene rings is 1. The monoisotopic (exact) mass is 462 g/mol. The number of nitrogens with two attached hydrogens (primary N) is 1. The van der Waals surface area contributed by atoms with Gasteiger partial charge in [0.2, 0.25) is 17.7 Å². The molecule has 0 radical (unpaired) electrons. The van der Waals surface area contributed by atoms with Crippen LogP contribution in [0.15, 0.2) is 30.3 Å². The number of carboxylic acids is 1. The van der Waals surface area contributed by atoms with Crippen LogP contribution in [0.25, 0.3) is 0 Å². The first-order valence-corrected chi connectivity index (χ1v) is 11.3. The van der Waals surface area contributed by atoms with E-state index in [-0.39, 0.29) is 24.2 Å². The standard InChI is InChI=1S/C24H38N4O5/c1-13(2)18(25)21(29)27-20(15(5)6)23(31)28-19(14(3)4)22(30)26-17(24(32)33)12-16-10-8-7-9-11-16/h7-11,13-15,17-20H,12,25H2,1-6H3,(H,26,30)(H,27,29)(H,28,31)(H,32,33). The Kier molecular flexibility index (Phi) is 11.0. The van der Waals surface area contributed by atoms with Gasteiger partial charge in [-0.05, 0) is 23.3 Å². The van der Waals surface area contributed by atoms with Crippen molar-refractivity contribution in [3.05, 3.63) is 35.9 Å². The van der Waals surface area contributed by atoms with Crippen molar-refractivity contribution in [3.63, 3.8) is 0 Å². The second-order valence-electron chi connectivity index (χ2n) is 9.32. The van der Waals surface area contributed by atoms with Gasteiger partial charge < -0.3 is 26.8 Å². The van der Waals surface area contributed by atoms with Crippen molar-refractivity contribution in [1.29, 1.82) is 0 Å². The fraction of sp³-hybridized carbons (Fsp3) is 0.583. The Balaban J connectivity index is 2.94. The lowest BCUT2D eigenvalue weighted by Crippen LogP contribution is -2.60. The Bertz CT molecular complexity index is 810. The van der Waals surface area contributed by atoms with Gasteiger partial charge in [-0.2, -0.15) is 0 Å². The first-order chi connectivity index (χ1) is 15.3. The van der Waals surface area contributed by atoms with Gasteiger partial charge in [0.1, 0.15) is 18.1 Å². The Labute approximate surface area is 195 Å². The van der Waals surface area contributed by atoms with E-state index in [4.69, 9.17) is 5.73 Å². The highest BCUT2D eigenvalue weighted by molar-refractivity contribution is 5.94. The van der Waals surface area contributed by atoms with Crippen LogP contribution in [0.5, 0.6) is 0 Å². The van der Waals surface area contributed by atoms with Gasteiger partial charge in [0, 0.05) is 6.42 Å². The maximum absolute atomic E-state index is 13.0. The second-order valence-corrected chi connectivity index (χ2v) is 9.32. The summed E-state index contributed by atoms with van der Waals surface area (Å²) in [5.74, 6) is -3.43. The average Bonchev–Trinajstić information content (AvgIpc) is 2.74. The van der Waals surface area contributed by atoms with Gasteiger partial charge in [-0.25, -0.2) is 4.79 Å². The van der Waals surface area contributed by atoms with Gasteiger partial charge in [-0.3, -0.25) is 14.4 Å². The molecule has 4 unspecified atom stereocenters. The number of rotatable bonds is 12. The van der Waals surface area contributed by atoms with Crippen molar-refractivity contribution in [2.24, 2.45) is 23.5 Å². The maximum Gasteiger partial charge on any atom is 0.326 e. The van der Waals surface area contributed by atoms with Crippen molar-refractivity contribution >= 4 is 23.7 Å². The molecule has 0 saturated heterocycles. The molecule has 0 aliphatic rings. The molecule has 9 nitrogen and oxygen atoms in total. The van der Waals surface area contributed by atoms with E-state index in [1.807, 2.05) is 19.9 Å². The summed E-state index contributed by atoms with van der Waals surface area (Å²) in [6, 6.07) is 5.17. The summed E-state index contributed by atoms with van der Waals surface area (Å²) in [5.41, 5.74) is 6.65. The predicted octanol–water partition coefficient (Wildman–Crippen LogP) is 1.06. The topological polar surface area (TPSA) is 151 Å². The minimum Gasteiger partial charge on any atom is -0.480 e. The van der Waals surface area contributed by atoms with E-state index in [1.54, 1.807) is 52.0 Å². The van der Waals surface area contributed by atoms with E-state index in [0.717, 1.165) is 5.56 Å². The van der Waals surface area contributed by atoms with E-state index in [2.05, 4.69) is 16.0 Å². The van der Waals surface area contributed by atoms with Crippen LogP contribution in [-0.2, 0) is 25.6 Å². The molecule has 0 heterocycles. The molecule has 0 aromatic heterocycles. The average molecular weight is 463 g/mol. The smallest absolute Gasteiger partial charge is 0.326 e. The zero-order chi connectivity index (χ0) is 25.3. The fourth-order valence-corrected chi connectivity index (χ4v) is 3.18. The lowest BCUT2D eigenvalue weighted by atomic mass is 9.98. The van der Waals surface area contributed by atoms with Gasteiger partial charge >= 0.3 is 5.97 Å². The van der Waals surface area contributed by atoms with Crippen molar-refractivity contribution in [2.45, 2.75) is 72.1 Å². The zero-order valence-corrected chi connectivity index (χ0v) is 20.3. The molecule has 33 heavy (non-hydrogen) atoms. The number of hydrogen-bond donors (Lipinski definition) is 5. The first-order valence-electron chi connectivity index (χ1n) is 11.3. The summed E-state index contributed by atoms with van der Waals surface area (Å²) >= 11 is 0. The van der Waals surface area contributed by atoms with Crippen molar-refractivity contribution < 1.29 is 24.3 Å². The summed E-state index contributed by atoms with van der Waals surface area (Å²) in [6.07, 6.45) is 0.110. The number of nitrogens with one attached hydrogen (secondary N) is 3. The molecule has 1 rings (SSSR count). The van der Waals surface area contributed by atoms with Crippen LogP contribution in [0.4, 0.5) is 0 Å². The minimum atomic E-state index is -1.17. The van der Waals surface area contributed by atoms with Gasteiger partial charge in [0.05, 0.1) is 6.04 Å². The van der Waals surface area contributed by atoms with Crippen LogP contribution in [0, 0.1) is 17.8 Å². The SMILES string of the molecule is CC(C)C(N)C(=O)NC(C(=O)NC(C(=O)NC(Cc1ccccc1)C(=O)O)C(C)C)C(C)C. The summed E-state index contributed by atoms with van der Waals surface area (Å²) in [5, 5.41) is 17.5. The quantitative estimate of drug-likeness (QED) is 0.313. The molecule has 0 aliphatic carbocycles. The largest absolute Gasteiger partial charge is 0.480 e. The molecule has 0 fully saturated rings. The lowest BCUT2D eigenvalue weighted by molar-refractivity contribution is -0.142. The normalized spacial score (nSPS) is 15.0. The van der Waals surface area contributed by atoms with Crippen molar-refractivity contribution in [2.75, 3.05) is 0 Å². The first kappa shape index (κ1) is 28.1. The molecule has 184 valence electrons. The van der Waals surface area contributed by atoms with Crippen molar-refractivity contribution in [1.82, 2.24) is 16.0 Å². The summed E-state index contributed by atoms with van der Waals surface area (Å²) in [7, 11) is 0. The zero-order valence-electron chi connectivity index (χ0n) is 20.3. The molecule has 1 aromatic carbocycles. The van der Waals surface area contributed by atoms with E-state index in [1.165, 1.54) is 0 Å². The molecular formula is C24H38N4O5. The molecule has 4 atom stereocenters. The Morgan fingerprint density at radius 3 is 1.64 bits per heavy atom. The van der Waals surface area contributed by atoms with Crippen LogP contribution >= 0.6 is 0 Å². The Hall–Kier alpha value is -2.94. The van der Waals surface area contributed by atoms with E-state index >= 15 is 0 Å². The van der Waals surface area contributed by atoms with Gasteiger partial charge in [-0.15, -0.1) is 0 Å². The highest BCUT2D eigenvalue weighted by Gasteiger charge is 2.33. The van der Waals surface area contributed by atoms with E-state index < -0.39 is 47.9 Å². The third-order valence-electron chi connectivity index (χ3n) is 5.41. The highest BCUT2D eigenvalue weighted by Crippen LogP contribution is 2.10. The van der Waals surface area contributed by atoms with Gasteiger partial charge in [0.15, 0.2) is 0 Å². The number of amides is 3.